The van der Waals surface area contributed by atoms with Crippen LogP contribution in [0.3, 0.4) is 0 Å². The van der Waals surface area contributed by atoms with Gasteiger partial charge in [0, 0.05) is 17.2 Å². The van der Waals surface area contributed by atoms with E-state index in [1.807, 2.05) is 44.6 Å². The maximum atomic E-state index is 12.0. The molecule has 0 fully saturated rings. The lowest BCUT2D eigenvalue weighted by molar-refractivity contribution is 0.656. The first-order valence-corrected chi connectivity index (χ1v) is 8.18. The lowest BCUT2D eigenvalue weighted by Crippen LogP contribution is -2.19. The van der Waals surface area contributed by atoms with Gasteiger partial charge < -0.3 is 0 Å². The van der Waals surface area contributed by atoms with Crippen LogP contribution in [-0.4, -0.2) is 18.7 Å². The van der Waals surface area contributed by atoms with Gasteiger partial charge in [0.15, 0.2) is 0 Å². The first-order valence-electron chi connectivity index (χ1n) is 6.97. The van der Waals surface area contributed by atoms with Crippen LogP contribution in [0.1, 0.15) is 32.0 Å². The summed E-state index contributed by atoms with van der Waals surface area (Å²) in [7, 11) is 0.911. The molecule has 0 aliphatic rings. The number of aromatic nitrogens is 2. The molecule has 0 spiro atoms. The van der Waals surface area contributed by atoms with E-state index in [4.69, 9.17) is 0 Å². The second kappa shape index (κ2) is 5.98. The minimum Gasteiger partial charge on any atom is -0.267 e. The van der Waals surface area contributed by atoms with Crippen molar-refractivity contribution >= 4 is 16.9 Å². The number of hydrogen-bond acceptors (Lipinski definition) is 2. The van der Waals surface area contributed by atoms with E-state index in [0.29, 0.717) is 0 Å². The number of nitrogens with zero attached hydrogens (tertiary/aromatic N) is 2. The Hall–Kier alpha value is -1.68. The van der Waals surface area contributed by atoms with Crippen LogP contribution in [0.25, 0.3) is 17.3 Å². The van der Waals surface area contributed by atoms with Gasteiger partial charge in [-0.25, -0.2) is 0 Å². The van der Waals surface area contributed by atoms with Gasteiger partial charge in [-0.3, -0.25) is 8.89 Å². The Balaban J connectivity index is 2.26. The van der Waals surface area contributed by atoms with Crippen molar-refractivity contribution in [2.45, 2.75) is 32.4 Å². The van der Waals surface area contributed by atoms with Gasteiger partial charge in [-0.05, 0) is 45.4 Å². The predicted octanol–water partition coefficient (Wildman–Crippen LogP) is 3.91. The molecule has 1 unspecified atom stereocenters. The topological polar surface area (TPSA) is 34.9 Å². The SMILES string of the molecule is Cc1ccc(-c2cc(/C=C/S(=O)C(C)(C)C)nn2C)cc1. The van der Waals surface area contributed by atoms with Crippen LogP contribution in [0.2, 0.25) is 0 Å². The fraction of sp³-hybridized carbons (Fsp3) is 0.353. The van der Waals surface area contributed by atoms with E-state index < -0.39 is 10.8 Å². The molecule has 0 radical (unpaired) electrons. The molecule has 1 aromatic heterocycles. The molecule has 1 heterocycles. The van der Waals surface area contributed by atoms with Gasteiger partial charge in [-0.1, -0.05) is 29.8 Å². The third-order valence-corrected chi connectivity index (χ3v) is 4.80. The summed E-state index contributed by atoms with van der Waals surface area (Å²) in [4.78, 5) is 0. The molecule has 1 atom stereocenters. The molecule has 112 valence electrons. The van der Waals surface area contributed by atoms with E-state index in [-0.39, 0.29) is 4.75 Å². The summed E-state index contributed by atoms with van der Waals surface area (Å²) >= 11 is 0. The predicted molar refractivity (Wildman–Crippen MR) is 90.3 cm³/mol. The van der Waals surface area contributed by atoms with Gasteiger partial charge in [0.2, 0.25) is 0 Å². The highest BCUT2D eigenvalue weighted by atomic mass is 32.2. The van der Waals surface area contributed by atoms with Crippen LogP contribution in [0, 0.1) is 6.92 Å². The van der Waals surface area contributed by atoms with Gasteiger partial charge in [-0.15, -0.1) is 0 Å². The smallest absolute Gasteiger partial charge is 0.0863 e. The lowest BCUT2D eigenvalue weighted by atomic mass is 10.1. The fourth-order valence-corrected chi connectivity index (χ4v) is 2.57. The Labute approximate surface area is 129 Å². The summed E-state index contributed by atoms with van der Waals surface area (Å²) in [6.07, 6.45) is 1.83. The molecule has 0 bridgehead atoms. The molecule has 0 N–H and O–H groups in total. The van der Waals surface area contributed by atoms with Crippen molar-refractivity contribution in [2.75, 3.05) is 0 Å². The maximum Gasteiger partial charge on any atom is 0.0863 e. The Morgan fingerprint density at radius 1 is 1.19 bits per heavy atom. The highest BCUT2D eigenvalue weighted by Gasteiger charge is 2.16. The van der Waals surface area contributed by atoms with Crippen molar-refractivity contribution in [3.05, 3.63) is 47.0 Å². The second-order valence-corrected chi connectivity index (χ2v) is 8.25. The molecule has 0 saturated carbocycles. The molecule has 0 aliphatic heterocycles. The third-order valence-electron chi connectivity index (χ3n) is 3.21. The van der Waals surface area contributed by atoms with E-state index in [0.717, 1.165) is 17.0 Å². The molecular formula is C17H22N2OS. The van der Waals surface area contributed by atoms with Gasteiger partial charge in [0.1, 0.15) is 0 Å². The van der Waals surface area contributed by atoms with Crippen molar-refractivity contribution in [3.8, 4) is 11.3 Å². The lowest BCUT2D eigenvalue weighted by Gasteiger charge is -2.13. The first kappa shape index (κ1) is 15.7. The molecule has 0 amide bonds. The standard InChI is InChI=1S/C17H22N2OS/c1-13-6-8-14(9-7-13)16-12-15(18-19(16)5)10-11-21(20)17(2,3)4/h6-12H,1-5H3/b11-10+. The van der Waals surface area contributed by atoms with Crippen LogP contribution < -0.4 is 0 Å². The van der Waals surface area contributed by atoms with Crippen molar-refractivity contribution in [3.63, 3.8) is 0 Å². The Morgan fingerprint density at radius 3 is 2.38 bits per heavy atom. The van der Waals surface area contributed by atoms with Gasteiger partial charge in [-0.2, -0.15) is 5.10 Å². The van der Waals surface area contributed by atoms with E-state index in [1.54, 1.807) is 5.41 Å². The van der Waals surface area contributed by atoms with Crippen molar-refractivity contribution in [2.24, 2.45) is 7.05 Å². The van der Waals surface area contributed by atoms with Crippen molar-refractivity contribution in [1.82, 2.24) is 9.78 Å². The highest BCUT2D eigenvalue weighted by molar-refractivity contribution is 7.89. The second-order valence-electron chi connectivity index (χ2n) is 6.16. The molecule has 4 heteroatoms. The molecule has 3 nitrogen and oxygen atoms in total. The van der Waals surface area contributed by atoms with E-state index in [1.165, 1.54) is 5.56 Å². The summed E-state index contributed by atoms with van der Waals surface area (Å²) in [5.74, 6) is 0. The number of benzene rings is 1. The van der Waals surface area contributed by atoms with Gasteiger partial charge in [0.05, 0.1) is 22.2 Å². The molecule has 21 heavy (non-hydrogen) atoms. The van der Waals surface area contributed by atoms with Crippen LogP contribution in [-0.2, 0) is 17.8 Å². The van der Waals surface area contributed by atoms with Crippen LogP contribution >= 0.6 is 0 Å². The fourth-order valence-electron chi connectivity index (χ4n) is 1.90. The molecule has 1 aromatic carbocycles. The van der Waals surface area contributed by atoms with Crippen LogP contribution in [0.5, 0.6) is 0 Å². The zero-order valence-electron chi connectivity index (χ0n) is 13.3. The quantitative estimate of drug-likeness (QED) is 0.861. The summed E-state index contributed by atoms with van der Waals surface area (Å²) in [6, 6.07) is 10.4. The number of aryl methyl sites for hydroxylation is 2. The minimum atomic E-state index is -1.01. The van der Waals surface area contributed by atoms with Crippen molar-refractivity contribution in [1.29, 1.82) is 0 Å². The number of hydrogen-bond donors (Lipinski definition) is 0. The normalized spacial score (nSPS) is 13.8. The van der Waals surface area contributed by atoms with Crippen LogP contribution in [0.4, 0.5) is 0 Å². The summed E-state index contributed by atoms with van der Waals surface area (Å²) in [6.45, 7) is 7.96. The molecule has 2 aromatic rings. The largest absolute Gasteiger partial charge is 0.267 e. The summed E-state index contributed by atoms with van der Waals surface area (Å²) in [5.41, 5.74) is 4.25. The summed E-state index contributed by atoms with van der Waals surface area (Å²) < 4.78 is 13.6. The minimum absolute atomic E-state index is 0.245. The van der Waals surface area contributed by atoms with E-state index in [2.05, 4.69) is 36.3 Å². The van der Waals surface area contributed by atoms with E-state index in [9.17, 15) is 4.21 Å². The highest BCUT2D eigenvalue weighted by Crippen LogP contribution is 2.21. The van der Waals surface area contributed by atoms with Gasteiger partial charge in [0.25, 0.3) is 0 Å². The van der Waals surface area contributed by atoms with Crippen LogP contribution in [0.15, 0.2) is 35.7 Å². The monoisotopic (exact) mass is 302 g/mol. The molecule has 0 saturated heterocycles. The zero-order chi connectivity index (χ0) is 15.6. The number of rotatable bonds is 3. The molecule has 2 rings (SSSR count). The Morgan fingerprint density at radius 2 is 1.81 bits per heavy atom. The Kier molecular flexibility index (Phi) is 4.47. The third kappa shape index (κ3) is 3.91. The summed E-state index contributed by atoms with van der Waals surface area (Å²) in [5, 5.41) is 6.18. The zero-order valence-corrected chi connectivity index (χ0v) is 14.1. The average Bonchev–Trinajstić information content (AvgIpc) is 2.77. The first-order chi connectivity index (χ1) is 9.77. The maximum absolute atomic E-state index is 12.0. The molecular weight excluding hydrogens is 280 g/mol. The average molecular weight is 302 g/mol. The Bertz CT molecular complexity index is 676. The van der Waals surface area contributed by atoms with Crippen molar-refractivity contribution < 1.29 is 4.21 Å². The van der Waals surface area contributed by atoms with E-state index >= 15 is 0 Å². The van der Waals surface area contributed by atoms with Gasteiger partial charge >= 0.3 is 0 Å². The molecule has 0 aliphatic carbocycles.